The molecule has 2 aromatic heterocycles. The van der Waals surface area contributed by atoms with E-state index in [4.69, 9.17) is 9.47 Å². The number of pyridine rings is 1. The summed E-state index contributed by atoms with van der Waals surface area (Å²) in [5.41, 5.74) is 1.78. The Morgan fingerprint density at radius 1 is 1.12 bits per heavy atom. The maximum atomic E-state index is 12.4. The van der Waals surface area contributed by atoms with E-state index in [1.54, 1.807) is 18.3 Å². The molecular formula is C20H16BrNO4. The summed E-state index contributed by atoms with van der Waals surface area (Å²) in [6, 6.07) is 11.1. The van der Waals surface area contributed by atoms with Crippen molar-refractivity contribution in [3.05, 3.63) is 57.3 Å². The standard InChI is InChI=1S/C20H16BrNO4/c1-2-7-25-19(24)11-26-13-9-15-14-8-12(21)3-4-17(14)22-6-5-18(23)16(10-13)20(15)22/h3-6,8-10H,2,7,11H2,1H3. The number of carbonyl (C=O) groups is 1. The van der Waals surface area contributed by atoms with Crippen molar-refractivity contribution in [2.24, 2.45) is 0 Å². The predicted molar refractivity (Wildman–Crippen MR) is 104 cm³/mol. The zero-order valence-electron chi connectivity index (χ0n) is 14.1. The van der Waals surface area contributed by atoms with Gasteiger partial charge in [-0.15, -0.1) is 0 Å². The molecule has 0 aliphatic carbocycles. The molecule has 5 nitrogen and oxygen atoms in total. The molecule has 0 fully saturated rings. The molecule has 0 saturated carbocycles. The van der Waals surface area contributed by atoms with Gasteiger partial charge in [-0.1, -0.05) is 22.9 Å². The Balaban J connectivity index is 1.85. The van der Waals surface area contributed by atoms with Crippen molar-refractivity contribution in [2.45, 2.75) is 13.3 Å². The van der Waals surface area contributed by atoms with Gasteiger partial charge in [0.15, 0.2) is 12.0 Å². The highest BCUT2D eigenvalue weighted by Gasteiger charge is 2.15. The van der Waals surface area contributed by atoms with Crippen LogP contribution < -0.4 is 10.2 Å². The largest absolute Gasteiger partial charge is 0.482 e. The number of esters is 1. The van der Waals surface area contributed by atoms with Crippen molar-refractivity contribution < 1.29 is 14.3 Å². The number of halogens is 1. The summed E-state index contributed by atoms with van der Waals surface area (Å²) in [5, 5.41) is 2.48. The monoisotopic (exact) mass is 413 g/mol. The molecule has 0 radical (unpaired) electrons. The fraction of sp³-hybridized carbons (Fsp3) is 0.200. The molecule has 0 amide bonds. The number of hydrogen-bond donors (Lipinski definition) is 0. The van der Waals surface area contributed by atoms with E-state index in [9.17, 15) is 9.59 Å². The normalized spacial score (nSPS) is 11.5. The van der Waals surface area contributed by atoms with E-state index in [0.717, 1.165) is 32.7 Å². The van der Waals surface area contributed by atoms with Crippen LogP contribution in [-0.2, 0) is 9.53 Å². The van der Waals surface area contributed by atoms with Gasteiger partial charge in [0, 0.05) is 27.5 Å². The Morgan fingerprint density at radius 3 is 2.73 bits per heavy atom. The maximum absolute atomic E-state index is 12.4. The molecule has 26 heavy (non-hydrogen) atoms. The second kappa shape index (κ2) is 6.61. The van der Waals surface area contributed by atoms with Crippen LogP contribution >= 0.6 is 15.9 Å². The lowest BCUT2D eigenvalue weighted by atomic mass is 10.1. The third-order valence-electron chi connectivity index (χ3n) is 4.30. The van der Waals surface area contributed by atoms with Crippen molar-refractivity contribution in [1.82, 2.24) is 4.40 Å². The lowest BCUT2D eigenvalue weighted by Gasteiger charge is -2.08. The molecule has 6 heteroatoms. The van der Waals surface area contributed by atoms with E-state index in [1.165, 1.54) is 0 Å². The van der Waals surface area contributed by atoms with E-state index < -0.39 is 5.97 Å². The summed E-state index contributed by atoms with van der Waals surface area (Å²) in [7, 11) is 0. The fourth-order valence-electron chi connectivity index (χ4n) is 3.19. The molecule has 4 rings (SSSR count). The van der Waals surface area contributed by atoms with Crippen LogP contribution in [0.25, 0.3) is 27.2 Å². The van der Waals surface area contributed by atoms with Crippen molar-refractivity contribution in [1.29, 1.82) is 0 Å². The van der Waals surface area contributed by atoms with Crippen LogP contribution in [-0.4, -0.2) is 23.6 Å². The van der Waals surface area contributed by atoms with Gasteiger partial charge in [-0.05, 0) is 36.8 Å². The van der Waals surface area contributed by atoms with Crippen molar-refractivity contribution in [3.8, 4) is 5.75 Å². The number of ether oxygens (including phenoxy) is 2. The predicted octanol–water partition coefficient (Wildman–Crippen LogP) is 4.14. The molecule has 4 aromatic rings. The molecular weight excluding hydrogens is 398 g/mol. The second-order valence-corrected chi connectivity index (χ2v) is 7.00. The molecule has 0 bridgehead atoms. The average Bonchev–Trinajstić information content (AvgIpc) is 2.95. The van der Waals surface area contributed by atoms with E-state index >= 15 is 0 Å². The van der Waals surface area contributed by atoms with Crippen molar-refractivity contribution in [2.75, 3.05) is 13.2 Å². The Labute approximate surface area is 157 Å². The van der Waals surface area contributed by atoms with Crippen LogP contribution in [0.5, 0.6) is 5.75 Å². The molecule has 0 saturated heterocycles. The topological polar surface area (TPSA) is 57.0 Å². The SMILES string of the molecule is CCCOC(=O)COc1cc2c(=O)ccn3c4ccc(Br)cc4c(c1)c23. The Bertz CT molecular complexity index is 1180. The fourth-order valence-corrected chi connectivity index (χ4v) is 3.55. The number of fused-ring (bicyclic) bond motifs is 3. The molecule has 132 valence electrons. The average molecular weight is 414 g/mol. The van der Waals surface area contributed by atoms with Gasteiger partial charge in [0.05, 0.1) is 23.0 Å². The first-order chi connectivity index (χ1) is 12.6. The molecule has 0 spiro atoms. The van der Waals surface area contributed by atoms with Crippen LogP contribution in [0, 0.1) is 0 Å². The molecule has 0 unspecified atom stereocenters. The van der Waals surface area contributed by atoms with Crippen LogP contribution in [0.4, 0.5) is 0 Å². The lowest BCUT2D eigenvalue weighted by Crippen LogP contribution is -2.15. The molecule has 0 aliphatic rings. The Hall–Kier alpha value is -2.60. The summed E-state index contributed by atoms with van der Waals surface area (Å²) in [6.07, 6.45) is 2.55. The smallest absolute Gasteiger partial charge is 0.344 e. The third kappa shape index (κ3) is 2.80. The molecule has 0 atom stereocenters. The third-order valence-corrected chi connectivity index (χ3v) is 4.79. The maximum Gasteiger partial charge on any atom is 0.344 e. The van der Waals surface area contributed by atoms with Gasteiger partial charge in [0.2, 0.25) is 0 Å². The summed E-state index contributed by atoms with van der Waals surface area (Å²) >= 11 is 3.50. The first-order valence-electron chi connectivity index (χ1n) is 8.36. The highest BCUT2D eigenvalue weighted by molar-refractivity contribution is 9.10. The van der Waals surface area contributed by atoms with Crippen molar-refractivity contribution >= 4 is 49.1 Å². The van der Waals surface area contributed by atoms with Gasteiger partial charge in [-0.3, -0.25) is 4.79 Å². The van der Waals surface area contributed by atoms with Gasteiger partial charge < -0.3 is 13.9 Å². The number of hydrogen-bond acceptors (Lipinski definition) is 4. The zero-order chi connectivity index (χ0) is 18.3. The molecule has 2 heterocycles. The minimum Gasteiger partial charge on any atom is -0.482 e. The van der Waals surface area contributed by atoms with E-state index in [2.05, 4.69) is 15.9 Å². The number of nitrogens with zero attached hydrogens (tertiary/aromatic N) is 1. The number of carbonyl (C=O) groups excluding carboxylic acids is 1. The van der Waals surface area contributed by atoms with E-state index in [-0.39, 0.29) is 12.0 Å². The summed E-state index contributed by atoms with van der Waals surface area (Å²) in [6.45, 7) is 2.12. The summed E-state index contributed by atoms with van der Waals surface area (Å²) < 4.78 is 13.6. The number of aromatic nitrogens is 1. The summed E-state index contributed by atoms with van der Waals surface area (Å²) in [5.74, 6) is 0.0561. The Kier molecular flexibility index (Phi) is 4.28. The minimum atomic E-state index is -0.419. The number of benzene rings is 2. The highest BCUT2D eigenvalue weighted by Crippen LogP contribution is 2.35. The Morgan fingerprint density at radius 2 is 1.92 bits per heavy atom. The van der Waals surface area contributed by atoms with E-state index in [1.807, 2.05) is 35.6 Å². The zero-order valence-corrected chi connectivity index (χ0v) is 15.7. The van der Waals surface area contributed by atoms with Crippen LogP contribution in [0.15, 0.2) is 51.9 Å². The highest BCUT2D eigenvalue weighted by atomic mass is 79.9. The lowest BCUT2D eigenvalue weighted by molar-refractivity contribution is -0.146. The van der Waals surface area contributed by atoms with Gasteiger partial charge in [-0.25, -0.2) is 4.79 Å². The van der Waals surface area contributed by atoms with Gasteiger partial charge >= 0.3 is 5.97 Å². The summed E-state index contributed by atoms with van der Waals surface area (Å²) in [4.78, 5) is 24.1. The molecule has 0 N–H and O–H groups in total. The first kappa shape index (κ1) is 16.8. The minimum absolute atomic E-state index is 0.0802. The van der Waals surface area contributed by atoms with Gasteiger partial charge in [0.25, 0.3) is 0 Å². The molecule has 2 aromatic carbocycles. The van der Waals surface area contributed by atoms with Gasteiger partial charge in [0.1, 0.15) is 5.75 Å². The number of rotatable bonds is 5. The molecule has 0 aliphatic heterocycles. The van der Waals surface area contributed by atoms with Crippen molar-refractivity contribution in [3.63, 3.8) is 0 Å². The first-order valence-corrected chi connectivity index (χ1v) is 9.16. The van der Waals surface area contributed by atoms with Gasteiger partial charge in [-0.2, -0.15) is 0 Å². The van der Waals surface area contributed by atoms with Crippen LogP contribution in [0.1, 0.15) is 13.3 Å². The van der Waals surface area contributed by atoms with E-state index in [0.29, 0.717) is 17.7 Å². The quantitative estimate of drug-likeness (QED) is 0.461. The van der Waals surface area contributed by atoms with Crippen LogP contribution in [0.2, 0.25) is 0 Å². The van der Waals surface area contributed by atoms with Crippen LogP contribution in [0.3, 0.4) is 0 Å². The second-order valence-electron chi connectivity index (χ2n) is 6.09.